The Bertz CT molecular complexity index is 624. The Morgan fingerprint density at radius 2 is 2.00 bits per heavy atom. The van der Waals surface area contributed by atoms with Crippen LogP contribution in [0.5, 0.6) is 0 Å². The average Bonchev–Trinajstić information content (AvgIpc) is 2.47. The number of alkyl halides is 3. The highest BCUT2D eigenvalue weighted by Crippen LogP contribution is 2.23. The van der Waals surface area contributed by atoms with Crippen LogP contribution in [-0.2, 0) is 0 Å². The van der Waals surface area contributed by atoms with Crippen molar-refractivity contribution in [3.05, 3.63) is 23.6 Å². The molecule has 0 aromatic carbocycles. The van der Waals surface area contributed by atoms with Crippen molar-refractivity contribution in [2.45, 2.75) is 44.9 Å². The molecule has 2 rings (SSSR count). The molecule has 0 aliphatic rings. The van der Waals surface area contributed by atoms with E-state index in [9.17, 15) is 13.2 Å². The summed E-state index contributed by atoms with van der Waals surface area (Å²) in [6, 6.07) is 3.55. The molecule has 9 heteroatoms. The fourth-order valence-corrected chi connectivity index (χ4v) is 1.89. The molecule has 0 amide bonds. The summed E-state index contributed by atoms with van der Waals surface area (Å²) < 4.78 is 34.9. The fraction of sp³-hybridized carbons (Fsp3) is 0.500. The molecule has 0 saturated heterocycles. The number of nitrogen functional groups attached to an aromatic ring is 1. The Hall–Kier alpha value is -1.67. The molecule has 0 radical (unpaired) electrons. The standard InChI is InChI=1S/C7H5ClN4.C7H13F3O/c8-7-11-4-2-1-3-10-5(4)6(9)12-7;1-2-3-4-5-6(11)7(8,9)10/h1-3H,(H2,9,11,12);6,11H,2-5H2,1H3. The van der Waals surface area contributed by atoms with Crippen molar-refractivity contribution in [3.8, 4) is 0 Å². The number of halogens is 4. The molecule has 128 valence electrons. The maximum absolute atomic E-state index is 11.6. The van der Waals surface area contributed by atoms with Gasteiger partial charge in [-0.3, -0.25) is 4.98 Å². The molecule has 2 heterocycles. The third-order valence-corrected chi connectivity index (χ3v) is 3.08. The predicted octanol–water partition coefficient (Wildman–Crippen LogP) is 3.75. The summed E-state index contributed by atoms with van der Waals surface area (Å²) in [5.41, 5.74) is 6.81. The van der Waals surface area contributed by atoms with Gasteiger partial charge in [0, 0.05) is 6.20 Å². The smallest absolute Gasteiger partial charge is 0.384 e. The number of aliphatic hydroxyl groups excluding tert-OH is 1. The molecule has 1 atom stereocenters. The van der Waals surface area contributed by atoms with Gasteiger partial charge in [0.1, 0.15) is 11.6 Å². The molecule has 0 spiro atoms. The van der Waals surface area contributed by atoms with E-state index in [0.29, 0.717) is 23.3 Å². The maximum atomic E-state index is 11.6. The number of aromatic nitrogens is 3. The molecule has 5 nitrogen and oxygen atoms in total. The molecule has 0 aliphatic heterocycles. The van der Waals surface area contributed by atoms with Gasteiger partial charge in [0.2, 0.25) is 5.28 Å². The van der Waals surface area contributed by atoms with E-state index >= 15 is 0 Å². The monoisotopic (exact) mass is 350 g/mol. The van der Waals surface area contributed by atoms with E-state index in [4.69, 9.17) is 22.4 Å². The molecule has 0 fully saturated rings. The summed E-state index contributed by atoms with van der Waals surface area (Å²) >= 11 is 5.59. The largest absolute Gasteiger partial charge is 0.414 e. The molecule has 0 bridgehead atoms. The minimum Gasteiger partial charge on any atom is -0.384 e. The van der Waals surface area contributed by atoms with E-state index in [2.05, 4.69) is 15.0 Å². The topological polar surface area (TPSA) is 84.9 Å². The van der Waals surface area contributed by atoms with Gasteiger partial charge in [-0.05, 0) is 30.2 Å². The molecular formula is C14H18ClF3N4O. The Morgan fingerprint density at radius 1 is 1.30 bits per heavy atom. The van der Waals surface area contributed by atoms with E-state index < -0.39 is 12.3 Å². The summed E-state index contributed by atoms with van der Waals surface area (Å²) in [5, 5.41) is 8.63. The summed E-state index contributed by atoms with van der Waals surface area (Å²) in [7, 11) is 0. The normalized spacial score (nSPS) is 12.6. The zero-order valence-corrected chi connectivity index (χ0v) is 13.3. The van der Waals surface area contributed by atoms with Crippen molar-refractivity contribution < 1.29 is 18.3 Å². The number of fused-ring (bicyclic) bond motifs is 1. The molecule has 0 saturated carbocycles. The van der Waals surface area contributed by atoms with Gasteiger partial charge in [-0.25, -0.2) is 4.98 Å². The third kappa shape index (κ3) is 6.54. The van der Waals surface area contributed by atoms with Crippen molar-refractivity contribution in [1.82, 2.24) is 15.0 Å². The van der Waals surface area contributed by atoms with Gasteiger partial charge < -0.3 is 10.8 Å². The average molecular weight is 351 g/mol. The van der Waals surface area contributed by atoms with Crippen LogP contribution in [0.4, 0.5) is 19.0 Å². The zero-order valence-electron chi connectivity index (χ0n) is 12.5. The van der Waals surface area contributed by atoms with E-state index in [-0.39, 0.29) is 11.7 Å². The zero-order chi connectivity index (χ0) is 17.5. The number of nitrogens with zero attached hydrogens (tertiary/aromatic N) is 3. The quantitative estimate of drug-likeness (QED) is 0.648. The molecule has 2 aromatic heterocycles. The van der Waals surface area contributed by atoms with Crippen molar-refractivity contribution in [3.63, 3.8) is 0 Å². The number of pyridine rings is 1. The summed E-state index contributed by atoms with van der Waals surface area (Å²) in [5.74, 6) is 0.311. The van der Waals surface area contributed by atoms with Crippen LogP contribution in [0.15, 0.2) is 18.3 Å². The van der Waals surface area contributed by atoms with Crippen LogP contribution < -0.4 is 5.73 Å². The van der Waals surface area contributed by atoms with Crippen molar-refractivity contribution >= 4 is 28.5 Å². The van der Waals surface area contributed by atoms with Crippen LogP contribution in [0.1, 0.15) is 32.6 Å². The molecule has 0 aliphatic carbocycles. The molecule has 2 aromatic rings. The van der Waals surface area contributed by atoms with E-state index in [0.717, 1.165) is 12.8 Å². The number of aliphatic hydroxyl groups is 1. The van der Waals surface area contributed by atoms with Gasteiger partial charge in [0.05, 0.1) is 5.52 Å². The Morgan fingerprint density at radius 3 is 2.61 bits per heavy atom. The van der Waals surface area contributed by atoms with Crippen LogP contribution in [0, 0.1) is 0 Å². The van der Waals surface area contributed by atoms with Crippen molar-refractivity contribution in [2.75, 3.05) is 5.73 Å². The highest BCUT2D eigenvalue weighted by Gasteiger charge is 2.37. The van der Waals surface area contributed by atoms with Gasteiger partial charge in [-0.1, -0.05) is 26.2 Å². The lowest BCUT2D eigenvalue weighted by atomic mass is 10.1. The first-order chi connectivity index (χ1) is 10.8. The number of anilines is 1. The van der Waals surface area contributed by atoms with Gasteiger partial charge >= 0.3 is 6.18 Å². The van der Waals surface area contributed by atoms with Gasteiger partial charge in [0.25, 0.3) is 0 Å². The first-order valence-electron chi connectivity index (χ1n) is 7.04. The van der Waals surface area contributed by atoms with Crippen LogP contribution in [0.2, 0.25) is 5.28 Å². The highest BCUT2D eigenvalue weighted by molar-refractivity contribution is 6.28. The second-order valence-electron chi connectivity index (χ2n) is 4.80. The number of hydrogen-bond acceptors (Lipinski definition) is 5. The maximum Gasteiger partial charge on any atom is 0.414 e. The molecule has 23 heavy (non-hydrogen) atoms. The van der Waals surface area contributed by atoms with E-state index in [1.165, 1.54) is 0 Å². The molecule has 3 N–H and O–H groups in total. The van der Waals surface area contributed by atoms with Gasteiger partial charge in [-0.2, -0.15) is 18.2 Å². The number of nitrogens with two attached hydrogens (primary N) is 1. The minimum atomic E-state index is -4.44. The summed E-state index contributed by atoms with van der Waals surface area (Å²) in [4.78, 5) is 11.7. The van der Waals surface area contributed by atoms with Crippen LogP contribution in [-0.4, -0.2) is 32.3 Å². The highest BCUT2D eigenvalue weighted by atomic mass is 35.5. The SMILES string of the molecule is CCCCCC(O)C(F)(F)F.Nc1nc(Cl)nc2cccnc12. The van der Waals surface area contributed by atoms with Crippen molar-refractivity contribution in [1.29, 1.82) is 0 Å². The Balaban J connectivity index is 0.000000232. The first kappa shape index (κ1) is 19.4. The summed E-state index contributed by atoms with van der Waals surface area (Å²) in [6.45, 7) is 1.90. The number of unbranched alkanes of at least 4 members (excludes halogenated alkanes) is 2. The van der Waals surface area contributed by atoms with Crippen LogP contribution in [0.3, 0.4) is 0 Å². The van der Waals surface area contributed by atoms with E-state index in [1.807, 2.05) is 6.92 Å². The molecule has 1 unspecified atom stereocenters. The summed E-state index contributed by atoms with van der Waals surface area (Å²) in [6.07, 6.45) is -3.05. The lowest BCUT2D eigenvalue weighted by molar-refractivity contribution is -0.205. The molecular weight excluding hydrogens is 333 g/mol. The number of hydrogen-bond donors (Lipinski definition) is 2. The first-order valence-corrected chi connectivity index (χ1v) is 7.42. The second-order valence-corrected chi connectivity index (χ2v) is 5.14. The van der Waals surface area contributed by atoms with Crippen LogP contribution in [0.25, 0.3) is 11.0 Å². The van der Waals surface area contributed by atoms with Gasteiger partial charge in [-0.15, -0.1) is 0 Å². The van der Waals surface area contributed by atoms with Gasteiger partial charge in [0.15, 0.2) is 5.82 Å². The second kappa shape index (κ2) is 8.83. The van der Waals surface area contributed by atoms with Crippen molar-refractivity contribution in [2.24, 2.45) is 0 Å². The number of rotatable bonds is 4. The predicted molar refractivity (Wildman–Crippen MR) is 83.0 cm³/mol. The lowest BCUT2D eigenvalue weighted by Gasteiger charge is -2.13. The lowest BCUT2D eigenvalue weighted by Crippen LogP contribution is -2.28. The third-order valence-electron chi connectivity index (χ3n) is 2.91. The van der Waals surface area contributed by atoms with Crippen LogP contribution >= 0.6 is 11.6 Å². The Labute approximate surface area is 136 Å². The van der Waals surface area contributed by atoms with E-state index in [1.54, 1.807) is 18.3 Å². The minimum absolute atomic E-state index is 0.146. The Kier molecular flexibility index (Phi) is 7.44. The fourth-order valence-electron chi connectivity index (χ4n) is 1.71.